The summed E-state index contributed by atoms with van der Waals surface area (Å²) in [6, 6.07) is 6.10. The fraction of sp³-hybridized carbons (Fsp3) is 0.562. The molecule has 0 heterocycles. The zero-order valence-corrected chi connectivity index (χ0v) is 11.9. The van der Waals surface area contributed by atoms with E-state index in [4.69, 9.17) is 10.5 Å². The number of hydrogen-bond donors (Lipinski definition) is 2. The maximum absolute atomic E-state index is 11.9. The summed E-state index contributed by atoms with van der Waals surface area (Å²) in [5.41, 5.74) is 7.77. The number of esters is 1. The number of fused-ring (bicyclic) bond motifs is 2. The van der Waals surface area contributed by atoms with Crippen molar-refractivity contribution in [3.8, 4) is 0 Å². The highest BCUT2D eigenvalue weighted by molar-refractivity contribution is 5.96. The second-order valence-corrected chi connectivity index (χ2v) is 5.95. The van der Waals surface area contributed by atoms with Crippen molar-refractivity contribution in [3.05, 3.63) is 23.8 Å². The summed E-state index contributed by atoms with van der Waals surface area (Å²) in [5, 5.41) is 3.57. The van der Waals surface area contributed by atoms with Gasteiger partial charge in [0, 0.05) is 17.4 Å². The molecule has 3 unspecified atom stereocenters. The lowest BCUT2D eigenvalue weighted by atomic mass is 9.95. The zero-order chi connectivity index (χ0) is 14.1. The van der Waals surface area contributed by atoms with Gasteiger partial charge in [0.2, 0.25) is 0 Å². The van der Waals surface area contributed by atoms with Crippen LogP contribution in [0.4, 0.5) is 11.4 Å². The minimum atomic E-state index is -0.346. The van der Waals surface area contributed by atoms with Crippen molar-refractivity contribution >= 4 is 17.3 Å². The van der Waals surface area contributed by atoms with E-state index in [2.05, 4.69) is 5.32 Å². The first kappa shape index (κ1) is 13.3. The standard InChI is InChI=1S/C16H22N2O2/c1-2-20-16(19)13-9-12(5-6-14(13)17)18-15-8-10-3-4-11(15)7-10/h5-6,9-11,15,18H,2-4,7-8,17H2,1H3. The van der Waals surface area contributed by atoms with E-state index in [-0.39, 0.29) is 5.97 Å². The van der Waals surface area contributed by atoms with E-state index in [1.807, 2.05) is 12.1 Å². The molecule has 3 rings (SSSR count). The van der Waals surface area contributed by atoms with E-state index in [1.54, 1.807) is 13.0 Å². The van der Waals surface area contributed by atoms with Crippen molar-refractivity contribution in [1.82, 2.24) is 0 Å². The fourth-order valence-corrected chi connectivity index (χ4v) is 3.67. The Morgan fingerprint density at radius 2 is 2.25 bits per heavy atom. The lowest BCUT2D eigenvalue weighted by molar-refractivity contribution is 0.0527. The smallest absolute Gasteiger partial charge is 0.340 e. The molecule has 3 atom stereocenters. The van der Waals surface area contributed by atoms with E-state index in [0.717, 1.165) is 17.5 Å². The lowest BCUT2D eigenvalue weighted by Crippen LogP contribution is -2.26. The van der Waals surface area contributed by atoms with Crippen LogP contribution in [0.25, 0.3) is 0 Å². The van der Waals surface area contributed by atoms with Crippen LogP contribution in [0.3, 0.4) is 0 Å². The summed E-state index contributed by atoms with van der Waals surface area (Å²) >= 11 is 0. The van der Waals surface area contributed by atoms with Gasteiger partial charge in [0.25, 0.3) is 0 Å². The van der Waals surface area contributed by atoms with Crippen LogP contribution in [0.15, 0.2) is 18.2 Å². The van der Waals surface area contributed by atoms with Crippen LogP contribution >= 0.6 is 0 Å². The summed E-state index contributed by atoms with van der Waals surface area (Å²) in [7, 11) is 0. The number of benzene rings is 1. The van der Waals surface area contributed by atoms with Crippen LogP contribution in [-0.4, -0.2) is 18.6 Å². The van der Waals surface area contributed by atoms with Crippen LogP contribution in [0.5, 0.6) is 0 Å². The van der Waals surface area contributed by atoms with E-state index >= 15 is 0 Å². The van der Waals surface area contributed by atoms with Gasteiger partial charge in [0.15, 0.2) is 0 Å². The Labute approximate surface area is 119 Å². The second kappa shape index (κ2) is 5.35. The summed E-state index contributed by atoms with van der Waals surface area (Å²) in [4.78, 5) is 11.9. The number of hydrogen-bond acceptors (Lipinski definition) is 4. The fourth-order valence-electron chi connectivity index (χ4n) is 3.67. The van der Waals surface area contributed by atoms with Crippen LogP contribution in [-0.2, 0) is 4.74 Å². The Bertz CT molecular complexity index is 515. The molecule has 4 heteroatoms. The van der Waals surface area contributed by atoms with Gasteiger partial charge in [0.1, 0.15) is 0 Å². The molecule has 4 nitrogen and oxygen atoms in total. The molecule has 2 bridgehead atoms. The minimum absolute atomic E-state index is 0.346. The third-order valence-electron chi connectivity index (χ3n) is 4.64. The third-order valence-corrected chi connectivity index (χ3v) is 4.64. The number of nitrogen functional groups attached to an aromatic ring is 1. The molecule has 0 amide bonds. The number of nitrogens with one attached hydrogen (secondary N) is 1. The maximum Gasteiger partial charge on any atom is 0.340 e. The first-order valence-corrected chi connectivity index (χ1v) is 7.50. The molecule has 0 aliphatic heterocycles. The summed E-state index contributed by atoms with van der Waals surface area (Å²) < 4.78 is 5.04. The summed E-state index contributed by atoms with van der Waals surface area (Å²) in [5.74, 6) is 1.35. The molecule has 0 spiro atoms. The Morgan fingerprint density at radius 1 is 1.40 bits per heavy atom. The van der Waals surface area contributed by atoms with E-state index in [1.165, 1.54) is 25.7 Å². The molecule has 2 saturated carbocycles. The predicted octanol–water partition coefficient (Wildman–Crippen LogP) is 3.05. The van der Waals surface area contributed by atoms with E-state index < -0.39 is 0 Å². The number of ether oxygens (including phenoxy) is 1. The molecule has 0 saturated heterocycles. The van der Waals surface area contributed by atoms with Crippen molar-refractivity contribution in [2.24, 2.45) is 11.8 Å². The molecular formula is C16H22N2O2. The van der Waals surface area contributed by atoms with E-state index in [9.17, 15) is 4.79 Å². The monoisotopic (exact) mass is 274 g/mol. The first-order chi connectivity index (χ1) is 9.67. The van der Waals surface area contributed by atoms with Crippen molar-refractivity contribution in [2.45, 2.75) is 38.6 Å². The molecular weight excluding hydrogens is 252 g/mol. The molecule has 20 heavy (non-hydrogen) atoms. The number of carbonyl (C=O) groups is 1. The van der Waals surface area contributed by atoms with E-state index in [0.29, 0.717) is 23.9 Å². The van der Waals surface area contributed by atoms with Crippen molar-refractivity contribution in [2.75, 3.05) is 17.7 Å². The molecule has 3 N–H and O–H groups in total. The Kier molecular flexibility index (Phi) is 3.55. The van der Waals surface area contributed by atoms with Gasteiger partial charge in [-0.05, 0) is 56.2 Å². The molecule has 1 aromatic rings. The van der Waals surface area contributed by atoms with Gasteiger partial charge in [0.05, 0.1) is 12.2 Å². The van der Waals surface area contributed by atoms with Gasteiger partial charge in [-0.2, -0.15) is 0 Å². The maximum atomic E-state index is 11.9. The first-order valence-electron chi connectivity index (χ1n) is 7.50. The van der Waals surface area contributed by atoms with Crippen LogP contribution < -0.4 is 11.1 Å². The highest BCUT2D eigenvalue weighted by Crippen LogP contribution is 2.45. The van der Waals surface area contributed by atoms with Crippen LogP contribution in [0, 0.1) is 11.8 Å². The Balaban J connectivity index is 1.74. The summed E-state index contributed by atoms with van der Waals surface area (Å²) in [6.07, 6.45) is 5.34. The molecule has 1 aromatic carbocycles. The van der Waals surface area contributed by atoms with Crippen molar-refractivity contribution in [1.29, 1.82) is 0 Å². The zero-order valence-electron chi connectivity index (χ0n) is 11.9. The van der Waals surface area contributed by atoms with Crippen LogP contribution in [0.1, 0.15) is 43.0 Å². The largest absolute Gasteiger partial charge is 0.462 e. The Morgan fingerprint density at radius 3 is 2.90 bits per heavy atom. The highest BCUT2D eigenvalue weighted by Gasteiger charge is 2.39. The quantitative estimate of drug-likeness (QED) is 0.654. The number of nitrogens with two attached hydrogens (primary N) is 1. The average molecular weight is 274 g/mol. The molecule has 2 aliphatic carbocycles. The molecule has 0 aromatic heterocycles. The number of rotatable bonds is 4. The Hall–Kier alpha value is -1.71. The van der Waals surface area contributed by atoms with Gasteiger partial charge in [-0.3, -0.25) is 0 Å². The SMILES string of the molecule is CCOC(=O)c1cc(NC2CC3CCC2C3)ccc1N. The van der Waals surface area contributed by atoms with Gasteiger partial charge in [-0.15, -0.1) is 0 Å². The van der Waals surface area contributed by atoms with Gasteiger partial charge >= 0.3 is 5.97 Å². The topological polar surface area (TPSA) is 64.3 Å². The second-order valence-electron chi connectivity index (χ2n) is 5.95. The highest BCUT2D eigenvalue weighted by atomic mass is 16.5. The predicted molar refractivity (Wildman–Crippen MR) is 79.7 cm³/mol. The normalized spacial score (nSPS) is 27.6. The van der Waals surface area contributed by atoms with Crippen molar-refractivity contribution in [3.63, 3.8) is 0 Å². The summed E-state index contributed by atoms with van der Waals surface area (Å²) in [6.45, 7) is 2.16. The third kappa shape index (κ3) is 2.47. The van der Waals surface area contributed by atoms with Gasteiger partial charge in [-0.25, -0.2) is 4.79 Å². The average Bonchev–Trinajstić information content (AvgIpc) is 3.03. The number of anilines is 2. The minimum Gasteiger partial charge on any atom is -0.462 e. The molecule has 108 valence electrons. The molecule has 2 fully saturated rings. The van der Waals surface area contributed by atoms with Gasteiger partial charge in [-0.1, -0.05) is 6.42 Å². The number of carbonyl (C=O) groups excluding carboxylic acids is 1. The molecule has 0 radical (unpaired) electrons. The molecule has 2 aliphatic rings. The lowest BCUT2D eigenvalue weighted by Gasteiger charge is -2.24. The van der Waals surface area contributed by atoms with Crippen LogP contribution in [0.2, 0.25) is 0 Å². The van der Waals surface area contributed by atoms with Gasteiger partial charge < -0.3 is 15.8 Å². The van der Waals surface area contributed by atoms with Crippen molar-refractivity contribution < 1.29 is 9.53 Å².